The molecule has 0 bridgehead atoms. The topological polar surface area (TPSA) is 122 Å². The first kappa shape index (κ1) is 18.5. The second kappa shape index (κ2) is 8.29. The number of hydrogen-bond donors (Lipinski definition) is 3. The number of carbonyl (C=O) groups excluding carboxylic acids is 1. The molecule has 1 aromatic carbocycles. The van der Waals surface area contributed by atoms with Crippen molar-refractivity contribution in [2.24, 2.45) is 5.16 Å². The molecular weight excluding hydrogens is 357 g/mol. The lowest BCUT2D eigenvalue weighted by atomic mass is 10.2. The van der Waals surface area contributed by atoms with Gasteiger partial charge in [0.15, 0.2) is 11.4 Å². The summed E-state index contributed by atoms with van der Waals surface area (Å²) in [5.74, 6) is -0.741. The molecule has 0 aliphatic rings. The van der Waals surface area contributed by atoms with E-state index in [2.05, 4.69) is 30.7 Å². The van der Waals surface area contributed by atoms with Crippen LogP contribution in [0.3, 0.4) is 0 Å². The smallest absolute Gasteiger partial charge is 0.407 e. The molecular formula is C14H15ClFN5O4. The van der Waals surface area contributed by atoms with Crippen molar-refractivity contribution in [1.29, 1.82) is 0 Å². The van der Waals surface area contributed by atoms with Crippen molar-refractivity contribution in [2.45, 2.75) is 26.5 Å². The minimum Gasteiger partial charge on any atom is -0.443 e. The van der Waals surface area contributed by atoms with Crippen LogP contribution < -0.4 is 10.6 Å². The fourth-order valence-electron chi connectivity index (χ4n) is 1.73. The molecule has 1 aromatic heterocycles. The molecule has 0 saturated carbocycles. The van der Waals surface area contributed by atoms with Gasteiger partial charge in [-0.15, -0.1) is 0 Å². The Morgan fingerprint density at radius 2 is 2.24 bits per heavy atom. The number of carbonyl (C=O) groups is 1. The van der Waals surface area contributed by atoms with Gasteiger partial charge in [-0.25, -0.2) is 13.8 Å². The molecule has 0 fully saturated rings. The predicted octanol–water partition coefficient (Wildman–Crippen LogP) is 2.74. The van der Waals surface area contributed by atoms with Crippen LogP contribution in [0.15, 0.2) is 28.0 Å². The van der Waals surface area contributed by atoms with Gasteiger partial charge in [0.05, 0.1) is 5.02 Å². The van der Waals surface area contributed by atoms with Crippen LogP contribution in [-0.4, -0.2) is 33.5 Å². The van der Waals surface area contributed by atoms with Gasteiger partial charge in [-0.3, -0.25) is 0 Å². The maximum Gasteiger partial charge on any atom is 0.407 e. The third kappa shape index (κ3) is 5.05. The average Bonchev–Trinajstić information content (AvgIpc) is 3.01. The van der Waals surface area contributed by atoms with Gasteiger partial charge < -0.3 is 20.6 Å². The number of benzene rings is 1. The van der Waals surface area contributed by atoms with Crippen LogP contribution in [0.1, 0.15) is 25.2 Å². The number of rotatable bonds is 5. The fraction of sp³-hybridized carbons (Fsp3) is 0.286. The van der Waals surface area contributed by atoms with Crippen LogP contribution in [-0.2, 0) is 11.3 Å². The molecule has 2 aromatic rings. The summed E-state index contributed by atoms with van der Waals surface area (Å²) in [6.45, 7) is 3.29. The average molecular weight is 372 g/mol. The number of nitrogens with zero attached hydrogens (tertiary/aromatic N) is 3. The Kier molecular flexibility index (Phi) is 6.12. The minimum absolute atomic E-state index is 0.0142. The highest BCUT2D eigenvalue weighted by molar-refractivity contribution is 6.31. The largest absolute Gasteiger partial charge is 0.443 e. The zero-order valence-corrected chi connectivity index (χ0v) is 14.0. The number of oxime groups is 1. The molecule has 11 heteroatoms. The number of nitrogens with one attached hydrogen (secondary N) is 2. The van der Waals surface area contributed by atoms with Gasteiger partial charge in [0.2, 0.25) is 5.84 Å². The number of amides is 1. The number of alkyl carbamates (subject to hydrolysis) is 1. The van der Waals surface area contributed by atoms with Gasteiger partial charge in [0.1, 0.15) is 12.4 Å². The lowest BCUT2D eigenvalue weighted by Crippen LogP contribution is -2.30. The zero-order valence-electron chi connectivity index (χ0n) is 13.3. The Labute approximate surface area is 146 Å². The predicted molar refractivity (Wildman–Crippen MR) is 86.1 cm³/mol. The van der Waals surface area contributed by atoms with Crippen LogP contribution in [0.4, 0.5) is 14.9 Å². The second-order valence-electron chi connectivity index (χ2n) is 5.14. The van der Waals surface area contributed by atoms with E-state index in [4.69, 9.17) is 16.3 Å². The number of hydrogen-bond acceptors (Lipinski definition) is 7. The van der Waals surface area contributed by atoms with Crippen LogP contribution in [0.5, 0.6) is 0 Å². The summed E-state index contributed by atoms with van der Waals surface area (Å²) in [4.78, 5) is 11.5. The molecule has 0 aliphatic heterocycles. The van der Waals surface area contributed by atoms with Crippen molar-refractivity contribution < 1.29 is 23.8 Å². The Morgan fingerprint density at radius 3 is 2.88 bits per heavy atom. The monoisotopic (exact) mass is 371 g/mol. The van der Waals surface area contributed by atoms with E-state index in [0.717, 1.165) is 6.07 Å². The highest BCUT2D eigenvalue weighted by Gasteiger charge is 2.19. The van der Waals surface area contributed by atoms with Crippen LogP contribution in [0.2, 0.25) is 5.02 Å². The number of amidine groups is 1. The molecule has 0 atom stereocenters. The Hall–Kier alpha value is -2.88. The molecule has 25 heavy (non-hydrogen) atoms. The first-order valence-corrected chi connectivity index (χ1v) is 7.47. The van der Waals surface area contributed by atoms with E-state index in [9.17, 15) is 14.4 Å². The highest BCUT2D eigenvalue weighted by atomic mass is 35.5. The summed E-state index contributed by atoms with van der Waals surface area (Å²) < 4.78 is 22.8. The summed E-state index contributed by atoms with van der Waals surface area (Å²) in [6.07, 6.45) is -0.648. The first-order valence-electron chi connectivity index (χ1n) is 7.10. The fourth-order valence-corrected chi connectivity index (χ4v) is 1.92. The molecule has 1 heterocycles. The zero-order chi connectivity index (χ0) is 18.4. The van der Waals surface area contributed by atoms with E-state index >= 15 is 0 Å². The number of aromatic nitrogens is 2. The molecule has 0 radical (unpaired) electrons. The summed E-state index contributed by atoms with van der Waals surface area (Å²) in [7, 11) is 0. The van der Waals surface area contributed by atoms with Crippen molar-refractivity contribution >= 4 is 29.2 Å². The van der Waals surface area contributed by atoms with Crippen LogP contribution in [0.25, 0.3) is 0 Å². The third-order valence-electron chi connectivity index (χ3n) is 2.81. The van der Waals surface area contributed by atoms with Crippen molar-refractivity contribution in [3.63, 3.8) is 0 Å². The first-order chi connectivity index (χ1) is 11.9. The van der Waals surface area contributed by atoms with Crippen LogP contribution >= 0.6 is 11.6 Å². The highest BCUT2D eigenvalue weighted by Crippen LogP contribution is 2.20. The minimum atomic E-state index is -0.648. The van der Waals surface area contributed by atoms with Crippen molar-refractivity contribution in [1.82, 2.24) is 15.6 Å². The Bertz CT molecular complexity index is 780. The Balaban J connectivity index is 2.10. The molecule has 134 valence electrons. The van der Waals surface area contributed by atoms with E-state index in [-0.39, 0.29) is 34.9 Å². The summed E-state index contributed by atoms with van der Waals surface area (Å²) in [5, 5.41) is 24.6. The summed E-state index contributed by atoms with van der Waals surface area (Å²) >= 11 is 5.69. The van der Waals surface area contributed by atoms with Gasteiger partial charge >= 0.3 is 6.09 Å². The van der Waals surface area contributed by atoms with Gasteiger partial charge in [-0.05, 0) is 37.2 Å². The van der Waals surface area contributed by atoms with Crippen LogP contribution in [0, 0.1) is 5.82 Å². The summed E-state index contributed by atoms with van der Waals surface area (Å²) in [5.41, 5.74) is 0.472. The van der Waals surface area contributed by atoms with E-state index in [0.29, 0.717) is 5.69 Å². The molecule has 0 saturated heterocycles. The van der Waals surface area contributed by atoms with E-state index in [1.807, 2.05) is 0 Å². The third-order valence-corrected chi connectivity index (χ3v) is 3.10. The molecule has 0 aliphatic carbocycles. The molecule has 2 rings (SSSR count). The molecule has 9 nitrogen and oxygen atoms in total. The number of ether oxygens (including phenoxy) is 1. The van der Waals surface area contributed by atoms with E-state index < -0.39 is 11.9 Å². The van der Waals surface area contributed by atoms with Gasteiger partial charge in [-0.1, -0.05) is 21.9 Å². The normalized spacial score (nSPS) is 11.5. The Morgan fingerprint density at radius 1 is 1.48 bits per heavy atom. The van der Waals surface area contributed by atoms with Crippen molar-refractivity contribution in [3.8, 4) is 0 Å². The van der Waals surface area contributed by atoms with Gasteiger partial charge in [0.25, 0.3) is 0 Å². The lowest BCUT2D eigenvalue weighted by Gasteiger charge is -2.09. The van der Waals surface area contributed by atoms with Gasteiger partial charge in [0, 0.05) is 11.7 Å². The standard InChI is InChI=1S/C14H15ClFN5O4/c1-7(2)17-14(22)24-6-11-12(21-25-20-11)13(19-23)18-8-3-4-10(16)9(15)5-8/h3-5,7,23H,6H2,1-2H3,(H,17,22)(H,18,19). The van der Waals surface area contributed by atoms with Gasteiger partial charge in [-0.2, -0.15) is 0 Å². The maximum absolute atomic E-state index is 13.2. The van der Waals surface area contributed by atoms with Crippen molar-refractivity contribution in [2.75, 3.05) is 5.32 Å². The molecule has 1 amide bonds. The van der Waals surface area contributed by atoms with E-state index in [1.54, 1.807) is 13.8 Å². The molecule has 3 N–H and O–H groups in total. The molecule has 0 unspecified atom stereocenters. The number of anilines is 1. The van der Waals surface area contributed by atoms with Crippen molar-refractivity contribution in [3.05, 3.63) is 40.4 Å². The maximum atomic E-state index is 13.2. The SMILES string of the molecule is CC(C)NC(=O)OCc1nonc1/C(=N\O)Nc1ccc(F)c(Cl)c1. The quantitative estimate of drug-likeness (QED) is 0.319. The van der Waals surface area contributed by atoms with E-state index in [1.165, 1.54) is 12.1 Å². The number of halogens is 2. The lowest BCUT2D eigenvalue weighted by molar-refractivity contribution is 0.134. The second-order valence-corrected chi connectivity index (χ2v) is 5.54. The summed E-state index contributed by atoms with van der Waals surface area (Å²) in [6, 6.07) is 3.72. The molecule has 0 spiro atoms.